The van der Waals surface area contributed by atoms with Crippen LogP contribution in [-0.2, 0) is 23.9 Å². The van der Waals surface area contributed by atoms with Gasteiger partial charge in [0.1, 0.15) is 6.10 Å². The normalized spacial score (nSPS) is 28.6. The van der Waals surface area contributed by atoms with Crippen molar-refractivity contribution in [3.63, 3.8) is 0 Å². The Balaban J connectivity index is 1.80. The van der Waals surface area contributed by atoms with Gasteiger partial charge in [0.25, 0.3) is 12.3 Å². The highest BCUT2D eigenvalue weighted by Gasteiger charge is 2.37. The first-order chi connectivity index (χ1) is 9.12. The average molecular weight is 271 g/mol. The molecule has 2 aliphatic rings. The van der Waals surface area contributed by atoms with Crippen LogP contribution in [0.1, 0.15) is 39.0 Å². The van der Waals surface area contributed by atoms with Crippen LogP contribution in [0.3, 0.4) is 0 Å². The molecule has 7 nitrogen and oxygen atoms in total. The molecule has 0 saturated carbocycles. The van der Waals surface area contributed by atoms with E-state index in [1.165, 1.54) is 0 Å². The number of hydrogen-bond acceptors (Lipinski definition) is 6. The Morgan fingerprint density at radius 3 is 2.47 bits per heavy atom. The van der Waals surface area contributed by atoms with Gasteiger partial charge < -0.3 is 9.47 Å². The number of imide groups is 1. The highest BCUT2D eigenvalue weighted by atomic mass is 16.8. The zero-order valence-electron chi connectivity index (χ0n) is 10.7. The van der Waals surface area contributed by atoms with E-state index >= 15 is 0 Å². The lowest BCUT2D eigenvalue weighted by Gasteiger charge is -2.27. The minimum atomic E-state index is -1.03. The van der Waals surface area contributed by atoms with Crippen LogP contribution >= 0.6 is 0 Å². The third-order valence-electron chi connectivity index (χ3n) is 3.33. The third-order valence-corrected chi connectivity index (χ3v) is 3.33. The summed E-state index contributed by atoms with van der Waals surface area (Å²) in [5.74, 6) is -0.598. The van der Waals surface area contributed by atoms with Gasteiger partial charge in [0.05, 0.1) is 12.2 Å². The maximum atomic E-state index is 11.5. The summed E-state index contributed by atoms with van der Waals surface area (Å²) in [6.07, 6.45) is 2.41. The molecule has 2 heterocycles. The number of hydroxylamine groups is 2. The van der Waals surface area contributed by atoms with Crippen LogP contribution in [-0.4, -0.2) is 41.8 Å². The molecular weight excluding hydrogens is 254 g/mol. The second-order valence-corrected chi connectivity index (χ2v) is 4.69. The molecule has 0 unspecified atom stereocenters. The van der Waals surface area contributed by atoms with Gasteiger partial charge in [-0.1, -0.05) is 6.92 Å². The monoisotopic (exact) mass is 271 g/mol. The smallest absolute Gasteiger partial charge is 0.429 e. The zero-order valence-corrected chi connectivity index (χ0v) is 10.7. The molecule has 3 atom stereocenters. The number of fused-ring (bicyclic) bond motifs is 2. The van der Waals surface area contributed by atoms with E-state index in [9.17, 15) is 14.4 Å². The highest BCUT2D eigenvalue weighted by molar-refractivity contribution is 5.85. The average Bonchev–Trinajstić information content (AvgIpc) is 2.74. The van der Waals surface area contributed by atoms with Crippen LogP contribution in [0.15, 0.2) is 0 Å². The van der Waals surface area contributed by atoms with E-state index in [-0.39, 0.29) is 31.1 Å². The van der Waals surface area contributed by atoms with E-state index in [1.807, 2.05) is 0 Å². The maximum Gasteiger partial charge on any atom is 0.534 e. The first-order valence-electron chi connectivity index (χ1n) is 6.43. The van der Waals surface area contributed by atoms with Crippen LogP contribution in [0.5, 0.6) is 0 Å². The molecular formula is C12H17NO6. The number of rotatable bonds is 3. The van der Waals surface area contributed by atoms with Crippen molar-refractivity contribution in [2.75, 3.05) is 0 Å². The predicted octanol–water partition coefficient (Wildman–Crippen LogP) is 1.16. The Kier molecular flexibility index (Phi) is 4.36. The summed E-state index contributed by atoms with van der Waals surface area (Å²) in [4.78, 5) is 37.9. The predicted molar refractivity (Wildman–Crippen MR) is 61.7 cm³/mol. The van der Waals surface area contributed by atoms with Crippen LogP contribution < -0.4 is 0 Å². The molecule has 19 heavy (non-hydrogen) atoms. The number of hydrogen-bond donors (Lipinski definition) is 0. The summed E-state index contributed by atoms with van der Waals surface area (Å²) in [5, 5.41) is 0.357. The fourth-order valence-corrected chi connectivity index (χ4v) is 2.43. The first kappa shape index (κ1) is 13.8. The van der Waals surface area contributed by atoms with Crippen molar-refractivity contribution in [3.8, 4) is 0 Å². The van der Waals surface area contributed by atoms with Crippen LogP contribution in [0, 0.1) is 0 Å². The lowest BCUT2D eigenvalue weighted by Crippen LogP contribution is -2.36. The molecule has 2 amide bonds. The second kappa shape index (κ2) is 6.01. The third kappa shape index (κ3) is 3.44. The van der Waals surface area contributed by atoms with Crippen molar-refractivity contribution in [2.45, 2.75) is 57.3 Å². The summed E-state index contributed by atoms with van der Waals surface area (Å²) in [6, 6.07) is 0. The van der Waals surface area contributed by atoms with E-state index in [4.69, 9.17) is 9.47 Å². The standard InChI is InChI=1S/C12H17NO6/c1-2-11(15)13(7-14)19-12(16)18-10-5-8-3-4-9(6-10)17-8/h7-10H,2-6H2,1H3/t8-,9+,10+. The molecule has 0 N–H and O–H groups in total. The number of carbonyl (C=O) groups is 3. The summed E-state index contributed by atoms with van der Waals surface area (Å²) in [7, 11) is 0. The van der Waals surface area contributed by atoms with Gasteiger partial charge in [0.15, 0.2) is 0 Å². The molecule has 0 spiro atoms. The van der Waals surface area contributed by atoms with Crippen molar-refractivity contribution in [1.82, 2.24) is 5.06 Å². The summed E-state index contributed by atoms with van der Waals surface area (Å²) in [5.41, 5.74) is 0. The van der Waals surface area contributed by atoms with Gasteiger partial charge >= 0.3 is 6.16 Å². The number of nitrogens with zero attached hydrogens (tertiary/aromatic N) is 1. The largest absolute Gasteiger partial charge is 0.534 e. The Labute approximate surface area is 110 Å². The molecule has 2 fully saturated rings. The Morgan fingerprint density at radius 1 is 1.32 bits per heavy atom. The van der Waals surface area contributed by atoms with E-state index in [0.717, 1.165) is 12.8 Å². The van der Waals surface area contributed by atoms with Crippen molar-refractivity contribution in [2.24, 2.45) is 0 Å². The first-order valence-corrected chi connectivity index (χ1v) is 6.43. The molecule has 0 aromatic heterocycles. The second-order valence-electron chi connectivity index (χ2n) is 4.69. The molecule has 2 aliphatic heterocycles. The molecule has 0 radical (unpaired) electrons. The fraction of sp³-hybridized carbons (Fsp3) is 0.750. The molecule has 2 bridgehead atoms. The molecule has 7 heteroatoms. The zero-order chi connectivity index (χ0) is 13.8. The van der Waals surface area contributed by atoms with Gasteiger partial charge in [-0.25, -0.2) is 4.79 Å². The summed E-state index contributed by atoms with van der Waals surface area (Å²) < 4.78 is 10.7. The van der Waals surface area contributed by atoms with Gasteiger partial charge in [-0.2, -0.15) is 0 Å². The van der Waals surface area contributed by atoms with Gasteiger partial charge in [-0.3, -0.25) is 14.4 Å². The van der Waals surface area contributed by atoms with Crippen LogP contribution in [0.2, 0.25) is 0 Å². The summed E-state index contributed by atoms with van der Waals surface area (Å²) >= 11 is 0. The van der Waals surface area contributed by atoms with Gasteiger partial charge in [0, 0.05) is 19.3 Å². The van der Waals surface area contributed by atoms with Crippen LogP contribution in [0.25, 0.3) is 0 Å². The fourth-order valence-electron chi connectivity index (χ4n) is 2.43. The molecule has 0 aromatic rings. The number of amides is 2. The van der Waals surface area contributed by atoms with E-state index in [0.29, 0.717) is 17.9 Å². The quantitative estimate of drug-likeness (QED) is 0.435. The number of ether oxygens (including phenoxy) is 2. The van der Waals surface area contributed by atoms with Gasteiger partial charge in [-0.15, -0.1) is 5.06 Å². The van der Waals surface area contributed by atoms with Crippen molar-refractivity contribution < 1.29 is 28.7 Å². The maximum absolute atomic E-state index is 11.5. The lowest BCUT2D eigenvalue weighted by molar-refractivity contribution is -0.179. The minimum Gasteiger partial charge on any atom is -0.429 e. The van der Waals surface area contributed by atoms with Crippen molar-refractivity contribution in [3.05, 3.63) is 0 Å². The topological polar surface area (TPSA) is 82.1 Å². The molecule has 0 aliphatic carbocycles. The molecule has 2 rings (SSSR count). The Morgan fingerprint density at radius 2 is 1.95 bits per heavy atom. The minimum absolute atomic E-state index is 0.0629. The molecule has 0 aromatic carbocycles. The van der Waals surface area contributed by atoms with E-state index < -0.39 is 12.1 Å². The summed E-state index contributed by atoms with van der Waals surface area (Å²) in [6.45, 7) is 1.56. The SMILES string of the molecule is CCC(=O)N(C=O)OC(=O)O[C@H]1C[C@H]2CC[C@@H](C1)O2. The van der Waals surface area contributed by atoms with E-state index in [2.05, 4.69) is 4.84 Å². The van der Waals surface area contributed by atoms with Gasteiger partial charge in [-0.05, 0) is 12.8 Å². The van der Waals surface area contributed by atoms with Crippen molar-refractivity contribution in [1.29, 1.82) is 0 Å². The van der Waals surface area contributed by atoms with E-state index in [1.54, 1.807) is 6.92 Å². The Bertz CT molecular complexity index is 359. The highest BCUT2D eigenvalue weighted by Crippen LogP contribution is 2.33. The lowest BCUT2D eigenvalue weighted by atomic mass is 10.1. The Hall–Kier alpha value is -1.63. The molecule has 2 saturated heterocycles. The van der Waals surface area contributed by atoms with Crippen molar-refractivity contribution >= 4 is 18.5 Å². The number of carbonyl (C=O) groups excluding carboxylic acids is 3. The molecule has 106 valence electrons. The van der Waals surface area contributed by atoms with Crippen LogP contribution in [0.4, 0.5) is 4.79 Å². The van der Waals surface area contributed by atoms with Gasteiger partial charge in [0.2, 0.25) is 0 Å².